The summed E-state index contributed by atoms with van der Waals surface area (Å²) in [6.45, 7) is 4.63. The molecule has 5 N–H and O–H groups in total. The van der Waals surface area contributed by atoms with Crippen LogP contribution in [0.3, 0.4) is 0 Å². The molecular weight excluding hydrogens is 270 g/mol. The van der Waals surface area contributed by atoms with Crippen LogP contribution in [0.5, 0.6) is 5.75 Å². The Morgan fingerprint density at radius 3 is 2.90 bits per heavy atom. The molecule has 0 atom stereocenters. The van der Waals surface area contributed by atoms with E-state index in [4.69, 9.17) is 15.6 Å². The Hall–Kier alpha value is -2.21. The van der Waals surface area contributed by atoms with Crippen LogP contribution in [0.1, 0.15) is 19.4 Å². The number of carboxylic acid groups (broad SMARTS) is 1. The van der Waals surface area contributed by atoms with Crippen molar-refractivity contribution in [2.24, 2.45) is 5.73 Å². The van der Waals surface area contributed by atoms with E-state index in [-0.39, 0.29) is 0 Å². The summed E-state index contributed by atoms with van der Waals surface area (Å²) >= 11 is 0. The number of rotatable bonds is 6. The predicted molar refractivity (Wildman–Crippen MR) is 81.8 cm³/mol. The standard InChI is InChI=1S/C15H21N3O3/c1-15(2,18-14(19)20)8-10-9-17-13-11(10)4-3-5-12(13)21-7-6-16/h3-5,9,17-18H,6-8,16H2,1-2H3,(H,19,20). The molecule has 1 heterocycles. The zero-order valence-corrected chi connectivity index (χ0v) is 12.3. The van der Waals surface area contributed by atoms with E-state index in [2.05, 4.69) is 10.3 Å². The number of ether oxygens (including phenoxy) is 1. The molecule has 1 amide bonds. The fraction of sp³-hybridized carbons (Fsp3) is 0.400. The number of nitrogens with one attached hydrogen (secondary N) is 2. The second-order valence-electron chi connectivity index (χ2n) is 5.62. The SMILES string of the molecule is CC(C)(Cc1c[nH]c2c(OCCN)cccc12)NC(=O)O. The summed E-state index contributed by atoms with van der Waals surface area (Å²) in [5.74, 6) is 0.758. The highest BCUT2D eigenvalue weighted by Crippen LogP contribution is 2.29. The van der Waals surface area contributed by atoms with Gasteiger partial charge in [-0.05, 0) is 31.9 Å². The van der Waals surface area contributed by atoms with Gasteiger partial charge >= 0.3 is 6.09 Å². The molecule has 0 aliphatic rings. The third-order valence-electron chi connectivity index (χ3n) is 3.22. The second-order valence-corrected chi connectivity index (χ2v) is 5.62. The van der Waals surface area contributed by atoms with Crippen molar-refractivity contribution >= 4 is 17.0 Å². The van der Waals surface area contributed by atoms with E-state index in [1.165, 1.54) is 0 Å². The molecule has 0 unspecified atom stereocenters. The van der Waals surface area contributed by atoms with Crippen LogP contribution in [0.2, 0.25) is 0 Å². The minimum Gasteiger partial charge on any atom is -0.490 e. The van der Waals surface area contributed by atoms with E-state index in [1.54, 1.807) is 0 Å². The van der Waals surface area contributed by atoms with E-state index >= 15 is 0 Å². The smallest absolute Gasteiger partial charge is 0.405 e. The van der Waals surface area contributed by atoms with Crippen LogP contribution in [0.15, 0.2) is 24.4 Å². The molecule has 0 spiro atoms. The minimum atomic E-state index is -1.02. The first-order valence-corrected chi connectivity index (χ1v) is 6.86. The van der Waals surface area contributed by atoms with Gasteiger partial charge in [-0.15, -0.1) is 0 Å². The highest BCUT2D eigenvalue weighted by Gasteiger charge is 2.22. The molecule has 2 aromatic rings. The Morgan fingerprint density at radius 1 is 1.48 bits per heavy atom. The molecular formula is C15H21N3O3. The van der Waals surface area contributed by atoms with Gasteiger partial charge in [0.1, 0.15) is 12.4 Å². The number of fused-ring (bicyclic) bond motifs is 1. The summed E-state index contributed by atoms with van der Waals surface area (Å²) in [6, 6.07) is 5.80. The first-order valence-electron chi connectivity index (χ1n) is 6.86. The van der Waals surface area contributed by atoms with E-state index in [9.17, 15) is 4.79 Å². The zero-order chi connectivity index (χ0) is 15.5. The molecule has 0 radical (unpaired) electrons. The normalized spacial score (nSPS) is 11.6. The van der Waals surface area contributed by atoms with Crippen LogP contribution < -0.4 is 15.8 Å². The first-order chi connectivity index (χ1) is 9.93. The van der Waals surface area contributed by atoms with Crippen LogP contribution in [0.25, 0.3) is 10.9 Å². The van der Waals surface area contributed by atoms with Crippen molar-refractivity contribution in [1.29, 1.82) is 0 Å². The number of aromatic nitrogens is 1. The Labute approximate surface area is 123 Å². The van der Waals surface area contributed by atoms with Crippen molar-refractivity contribution in [3.05, 3.63) is 30.0 Å². The van der Waals surface area contributed by atoms with Gasteiger partial charge < -0.3 is 25.9 Å². The maximum Gasteiger partial charge on any atom is 0.405 e. The molecule has 1 aromatic heterocycles. The number of amides is 1. The van der Waals surface area contributed by atoms with Crippen molar-refractivity contribution in [1.82, 2.24) is 10.3 Å². The summed E-state index contributed by atoms with van der Waals surface area (Å²) in [4.78, 5) is 14.0. The van der Waals surface area contributed by atoms with Gasteiger partial charge in [-0.2, -0.15) is 0 Å². The van der Waals surface area contributed by atoms with Crippen molar-refractivity contribution in [3.63, 3.8) is 0 Å². The Balaban J connectivity index is 2.28. The molecule has 0 aliphatic heterocycles. The lowest BCUT2D eigenvalue weighted by Gasteiger charge is -2.24. The second kappa shape index (κ2) is 6.05. The van der Waals surface area contributed by atoms with Gasteiger partial charge in [-0.25, -0.2) is 4.79 Å². The lowest BCUT2D eigenvalue weighted by molar-refractivity contribution is 0.182. The zero-order valence-electron chi connectivity index (χ0n) is 12.3. The van der Waals surface area contributed by atoms with Gasteiger partial charge in [-0.3, -0.25) is 0 Å². The lowest BCUT2D eigenvalue weighted by Crippen LogP contribution is -2.44. The average Bonchev–Trinajstić information content (AvgIpc) is 2.78. The summed E-state index contributed by atoms with van der Waals surface area (Å²) < 4.78 is 5.61. The van der Waals surface area contributed by atoms with Crippen LogP contribution in [0.4, 0.5) is 4.79 Å². The van der Waals surface area contributed by atoms with Crippen LogP contribution in [-0.4, -0.2) is 34.9 Å². The van der Waals surface area contributed by atoms with Gasteiger partial charge in [0.15, 0.2) is 0 Å². The van der Waals surface area contributed by atoms with Gasteiger partial charge in [0, 0.05) is 23.7 Å². The molecule has 0 saturated heterocycles. The van der Waals surface area contributed by atoms with Crippen molar-refractivity contribution < 1.29 is 14.6 Å². The van der Waals surface area contributed by atoms with Gasteiger partial charge in [0.25, 0.3) is 0 Å². The molecule has 114 valence electrons. The molecule has 6 nitrogen and oxygen atoms in total. The lowest BCUT2D eigenvalue weighted by atomic mass is 9.95. The van der Waals surface area contributed by atoms with Crippen molar-refractivity contribution in [2.45, 2.75) is 25.8 Å². The van der Waals surface area contributed by atoms with Gasteiger partial charge in [0.2, 0.25) is 0 Å². The van der Waals surface area contributed by atoms with Crippen LogP contribution in [-0.2, 0) is 6.42 Å². The predicted octanol–water partition coefficient (Wildman–Crippen LogP) is 2.09. The van der Waals surface area contributed by atoms with Crippen LogP contribution in [0, 0.1) is 0 Å². The number of hydrogen-bond donors (Lipinski definition) is 4. The van der Waals surface area contributed by atoms with Crippen molar-refractivity contribution in [2.75, 3.05) is 13.2 Å². The number of hydrogen-bond acceptors (Lipinski definition) is 3. The number of para-hydroxylation sites is 1. The molecule has 0 saturated carbocycles. The van der Waals surface area contributed by atoms with E-state index < -0.39 is 11.6 Å². The minimum absolute atomic E-state index is 0.458. The molecule has 2 rings (SSSR count). The fourth-order valence-corrected chi connectivity index (χ4v) is 2.43. The van der Waals surface area contributed by atoms with E-state index in [0.29, 0.717) is 19.6 Å². The van der Waals surface area contributed by atoms with Crippen molar-refractivity contribution in [3.8, 4) is 5.75 Å². The third-order valence-corrected chi connectivity index (χ3v) is 3.22. The van der Waals surface area contributed by atoms with Crippen LogP contribution >= 0.6 is 0 Å². The topological polar surface area (TPSA) is 100 Å². The molecule has 21 heavy (non-hydrogen) atoms. The Bertz CT molecular complexity index is 634. The number of nitrogens with two attached hydrogens (primary N) is 1. The average molecular weight is 291 g/mol. The number of benzene rings is 1. The molecule has 0 aliphatic carbocycles. The summed E-state index contributed by atoms with van der Waals surface area (Å²) in [5, 5.41) is 12.4. The van der Waals surface area contributed by atoms with E-state index in [1.807, 2.05) is 38.2 Å². The summed E-state index contributed by atoms with van der Waals surface area (Å²) in [5.41, 5.74) is 6.86. The maximum atomic E-state index is 10.8. The number of aromatic amines is 1. The van der Waals surface area contributed by atoms with Gasteiger partial charge in [-0.1, -0.05) is 12.1 Å². The number of H-pyrrole nitrogens is 1. The first kappa shape index (κ1) is 15.2. The molecule has 6 heteroatoms. The summed E-state index contributed by atoms with van der Waals surface area (Å²) in [6.07, 6.45) is 1.46. The highest BCUT2D eigenvalue weighted by molar-refractivity contribution is 5.88. The quantitative estimate of drug-likeness (QED) is 0.654. The number of carbonyl (C=O) groups is 1. The Morgan fingerprint density at radius 2 is 2.24 bits per heavy atom. The molecule has 1 aromatic carbocycles. The monoisotopic (exact) mass is 291 g/mol. The highest BCUT2D eigenvalue weighted by atomic mass is 16.5. The van der Waals surface area contributed by atoms with E-state index in [0.717, 1.165) is 22.2 Å². The maximum absolute atomic E-state index is 10.8. The largest absolute Gasteiger partial charge is 0.490 e. The molecule has 0 bridgehead atoms. The van der Waals surface area contributed by atoms with Gasteiger partial charge in [0.05, 0.1) is 5.52 Å². The third kappa shape index (κ3) is 3.66. The Kier molecular flexibility index (Phi) is 4.37. The fourth-order valence-electron chi connectivity index (χ4n) is 2.43. The summed E-state index contributed by atoms with van der Waals surface area (Å²) in [7, 11) is 0. The molecule has 0 fully saturated rings.